The normalized spacial score (nSPS) is 11.7. The maximum absolute atomic E-state index is 11.9. The number of benzene rings is 1. The highest BCUT2D eigenvalue weighted by molar-refractivity contribution is 7.91. The van der Waals surface area contributed by atoms with Crippen LogP contribution in [0, 0.1) is 6.92 Å². The fourth-order valence-electron chi connectivity index (χ4n) is 1.42. The van der Waals surface area contributed by atoms with E-state index in [1.807, 2.05) is 6.92 Å². The number of hydrogen-bond acceptors (Lipinski definition) is 5. The van der Waals surface area contributed by atoms with Gasteiger partial charge in [-0.15, -0.1) is 0 Å². The van der Waals surface area contributed by atoms with Crippen molar-refractivity contribution in [3.8, 4) is 0 Å². The predicted octanol–water partition coefficient (Wildman–Crippen LogP) is 0.794. The molecular weight excluding hydrogens is 268 g/mol. The van der Waals surface area contributed by atoms with Crippen LogP contribution in [-0.2, 0) is 19.3 Å². The monoisotopic (exact) mass is 288 g/mol. The van der Waals surface area contributed by atoms with Gasteiger partial charge in [-0.1, -0.05) is 17.7 Å². The molecule has 108 valence electrons. The van der Waals surface area contributed by atoms with Crippen LogP contribution in [0.25, 0.3) is 0 Å². The van der Waals surface area contributed by atoms with Crippen molar-refractivity contribution in [1.82, 2.24) is 0 Å². The van der Waals surface area contributed by atoms with E-state index in [-0.39, 0.29) is 25.6 Å². The van der Waals surface area contributed by atoms with Gasteiger partial charge in [-0.25, -0.2) is 8.42 Å². The largest absolute Gasteiger partial charge is 0.394 e. The summed E-state index contributed by atoms with van der Waals surface area (Å²) in [5.41, 5.74) is 1.02. The van der Waals surface area contributed by atoms with E-state index in [2.05, 4.69) is 0 Å². The molecule has 0 fully saturated rings. The molecule has 0 saturated heterocycles. The van der Waals surface area contributed by atoms with Crippen molar-refractivity contribution >= 4 is 9.84 Å². The number of hydrogen-bond donors (Lipinski definition) is 1. The van der Waals surface area contributed by atoms with E-state index in [1.165, 1.54) is 0 Å². The van der Waals surface area contributed by atoms with Crippen LogP contribution in [0.15, 0.2) is 29.2 Å². The first kappa shape index (κ1) is 16.1. The molecule has 0 aromatic heterocycles. The second-order valence-electron chi connectivity index (χ2n) is 4.08. The Morgan fingerprint density at radius 1 is 1.00 bits per heavy atom. The van der Waals surface area contributed by atoms with Crippen LogP contribution in [0.3, 0.4) is 0 Å². The lowest BCUT2D eigenvalue weighted by Crippen LogP contribution is -2.15. The second kappa shape index (κ2) is 8.27. The highest BCUT2D eigenvalue weighted by atomic mass is 32.2. The Morgan fingerprint density at radius 2 is 1.58 bits per heavy atom. The molecule has 0 heterocycles. The van der Waals surface area contributed by atoms with Gasteiger partial charge < -0.3 is 14.6 Å². The highest BCUT2D eigenvalue weighted by Gasteiger charge is 2.13. The Bertz CT molecular complexity index is 452. The molecule has 0 aliphatic carbocycles. The van der Waals surface area contributed by atoms with Gasteiger partial charge in [0, 0.05) is 0 Å². The fraction of sp³-hybridized carbons (Fsp3) is 0.538. The lowest BCUT2D eigenvalue weighted by Gasteiger charge is -2.06. The SMILES string of the molecule is Cc1ccc(S(=O)(=O)CCOCCOCCO)cc1. The summed E-state index contributed by atoms with van der Waals surface area (Å²) >= 11 is 0. The number of sulfone groups is 1. The third-order valence-corrected chi connectivity index (χ3v) is 4.18. The Morgan fingerprint density at radius 3 is 2.16 bits per heavy atom. The summed E-state index contributed by atoms with van der Waals surface area (Å²) in [6.07, 6.45) is 0. The van der Waals surface area contributed by atoms with Crippen molar-refractivity contribution in [2.24, 2.45) is 0 Å². The van der Waals surface area contributed by atoms with Gasteiger partial charge in [-0.05, 0) is 19.1 Å². The van der Waals surface area contributed by atoms with Crippen LogP contribution in [0.1, 0.15) is 5.56 Å². The molecule has 0 bridgehead atoms. The minimum atomic E-state index is -3.28. The summed E-state index contributed by atoms with van der Waals surface area (Å²) in [4.78, 5) is 0.318. The molecular formula is C13H20O5S. The molecule has 0 aliphatic heterocycles. The first-order valence-corrected chi connectivity index (χ1v) is 7.77. The molecule has 19 heavy (non-hydrogen) atoms. The molecule has 0 atom stereocenters. The van der Waals surface area contributed by atoms with Crippen molar-refractivity contribution in [2.75, 3.05) is 38.8 Å². The summed E-state index contributed by atoms with van der Waals surface area (Å²) in [5, 5.41) is 8.48. The summed E-state index contributed by atoms with van der Waals surface area (Å²) in [7, 11) is -3.28. The minimum Gasteiger partial charge on any atom is -0.394 e. The van der Waals surface area contributed by atoms with Gasteiger partial charge >= 0.3 is 0 Å². The molecule has 6 heteroatoms. The number of aliphatic hydroxyl groups is 1. The van der Waals surface area contributed by atoms with Gasteiger partial charge in [0.05, 0.1) is 43.7 Å². The van der Waals surface area contributed by atoms with Crippen molar-refractivity contribution in [1.29, 1.82) is 0 Å². The molecule has 0 amide bonds. The smallest absolute Gasteiger partial charge is 0.180 e. The second-order valence-corrected chi connectivity index (χ2v) is 6.19. The van der Waals surface area contributed by atoms with E-state index < -0.39 is 9.84 Å². The quantitative estimate of drug-likeness (QED) is 0.680. The van der Waals surface area contributed by atoms with Gasteiger partial charge in [0.25, 0.3) is 0 Å². The zero-order chi connectivity index (χ0) is 14.1. The van der Waals surface area contributed by atoms with Crippen molar-refractivity contribution < 1.29 is 23.0 Å². The van der Waals surface area contributed by atoms with Crippen LogP contribution < -0.4 is 0 Å². The Hall–Kier alpha value is -0.950. The lowest BCUT2D eigenvalue weighted by molar-refractivity contribution is 0.0375. The molecule has 1 rings (SSSR count). The maximum atomic E-state index is 11.9. The molecule has 0 saturated carbocycles. The topological polar surface area (TPSA) is 72.8 Å². The summed E-state index contributed by atoms with van der Waals surface area (Å²) in [6, 6.07) is 6.76. The fourth-order valence-corrected chi connectivity index (χ4v) is 2.54. The molecule has 0 unspecified atom stereocenters. The first-order chi connectivity index (χ1) is 9.06. The lowest BCUT2D eigenvalue weighted by atomic mass is 10.2. The number of aliphatic hydroxyl groups excluding tert-OH is 1. The standard InChI is InChI=1S/C13H20O5S/c1-12-2-4-13(5-3-12)19(15,16)11-10-18-9-8-17-7-6-14/h2-5,14H,6-11H2,1H3. The molecule has 1 aromatic rings. The number of rotatable bonds is 9. The molecule has 0 aliphatic rings. The van der Waals surface area contributed by atoms with Crippen molar-refractivity contribution in [3.05, 3.63) is 29.8 Å². The van der Waals surface area contributed by atoms with Crippen molar-refractivity contribution in [3.63, 3.8) is 0 Å². The average molecular weight is 288 g/mol. The van der Waals surface area contributed by atoms with E-state index >= 15 is 0 Å². The van der Waals surface area contributed by atoms with Gasteiger partial charge in [-0.2, -0.15) is 0 Å². The van der Waals surface area contributed by atoms with Crippen LogP contribution in [-0.4, -0.2) is 52.3 Å². The Balaban J connectivity index is 2.29. The number of ether oxygens (including phenoxy) is 2. The summed E-state index contributed by atoms with van der Waals surface area (Å²) in [6.45, 7) is 2.96. The summed E-state index contributed by atoms with van der Waals surface area (Å²) < 4.78 is 34.0. The van der Waals surface area contributed by atoms with Gasteiger partial charge in [0.2, 0.25) is 0 Å². The maximum Gasteiger partial charge on any atom is 0.180 e. The third kappa shape index (κ3) is 6.15. The van der Waals surface area contributed by atoms with Crippen LogP contribution in [0.5, 0.6) is 0 Å². The van der Waals surface area contributed by atoms with Crippen LogP contribution >= 0.6 is 0 Å². The highest BCUT2D eigenvalue weighted by Crippen LogP contribution is 2.11. The van der Waals surface area contributed by atoms with E-state index in [9.17, 15) is 8.42 Å². The molecule has 0 radical (unpaired) electrons. The molecule has 5 nitrogen and oxygen atoms in total. The van der Waals surface area contributed by atoms with Crippen LogP contribution in [0.2, 0.25) is 0 Å². The zero-order valence-electron chi connectivity index (χ0n) is 11.0. The molecule has 1 aromatic carbocycles. The number of aryl methyl sites for hydroxylation is 1. The Kier molecular flexibility index (Phi) is 7.01. The summed E-state index contributed by atoms with van der Waals surface area (Å²) in [5.74, 6) is -0.0456. The first-order valence-electron chi connectivity index (χ1n) is 6.12. The van der Waals surface area contributed by atoms with E-state index in [4.69, 9.17) is 14.6 Å². The van der Waals surface area contributed by atoms with Gasteiger partial charge in [0.1, 0.15) is 0 Å². The van der Waals surface area contributed by atoms with Crippen LogP contribution in [0.4, 0.5) is 0 Å². The predicted molar refractivity (Wildman–Crippen MR) is 72.0 cm³/mol. The average Bonchev–Trinajstić information content (AvgIpc) is 2.38. The van der Waals surface area contributed by atoms with E-state index in [0.717, 1.165) is 5.56 Å². The Labute approximate surface area is 114 Å². The van der Waals surface area contributed by atoms with E-state index in [0.29, 0.717) is 18.1 Å². The molecule has 1 N–H and O–H groups in total. The third-order valence-electron chi connectivity index (χ3n) is 2.48. The molecule has 0 spiro atoms. The minimum absolute atomic E-state index is 0.0260. The van der Waals surface area contributed by atoms with Gasteiger partial charge in [-0.3, -0.25) is 0 Å². The zero-order valence-corrected chi connectivity index (χ0v) is 11.9. The van der Waals surface area contributed by atoms with E-state index in [1.54, 1.807) is 24.3 Å². The van der Waals surface area contributed by atoms with Gasteiger partial charge in [0.15, 0.2) is 9.84 Å². The van der Waals surface area contributed by atoms with Crippen molar-refractivity contribution in [2.45, 2.75) is 11.8 Å².